The molecule has 6 nitrogen and oxygen atoms in total. The SMILES string of the molecule is COc1ccc(OC)c(/C=N\OCC(=O)N2CCCC[C@@H]2C)c1. The van der Waals surface area contributed by atoms with E-state index in [4.69, 9.17) is 14.3 Å². The monoisotopic (exact) mass is 320 g/mol. The van der Waals surface area contributed by atoms with Gasteiger partial charge in [-0.1, -0.05) is 5.16 Å². The van der Waals surface area contributed by atoms with E-state index in [0.29, 0.717) is 11.5 Å². The van der Waals surface area contributed by atoms with Gasteiger partial charge in [0.05, 0.1) is 20.4 Å². The molecule has 1 aliphatic rings. The number of ether oxygens (including phenoxy) is 2. The van der Waals surface area contributed by atoms with Crippen LogP contribution in [-0.4, -0.2) is 50.4 Å². The van der Waals surface area contributed by atoms with Crippen molar-refractivity contribution in [3.05, 3.63) is 23.8 Å². The van der Waals surface area contributed by atoms with Gasteiger partial charge < -0.3 is 19.2 Å². The maximum absolute atomic E-state index is 12.1. The molecule has 126 valence electrons. The molecule has 0 bridgehead atoms. The molecule has 0 spiro atoms. The summed E-state index contributed by atoms with van der Waals surface area (Å²) < 4.78 is 10.4. The first kappa shape index (κ1) is 17.1. The summed E-state index contributed by atoms with van der Waals surface area (Å²) in [5, 5.41) is 3.88. The van der Waals surface area contributed by atoms with E-state index in [1.165, 1.54) is 12.6 Å². The van der Waals surface area contributed by atoms with E-state index < -0.39 is 0 Å². The topological polar surface area (TPSA) is 60.4 Å². The molecule has 1 aliphatic heterocycles. The predicted molar refractivity (Wildman–Crippen MR) is 88.1 cm³/mol. The highest BCUT2D eigenvalue weighted by molar-refractivity contribution is 5.84. The van der Waals surface area contributed by atoms with Crippen LogP contribution in [0.15, 0.2) is 23.4 Å². The van der Waals surface area contributed by atoms with E-state index in [2.05, 4.69) is 12.1 Å². The van der Waals surface area contributed by atoms with E-state index in [1.54, 1.807) is 32.4 Å². The fourth-order valence-electron chi connectivity index (χ4n) is 2.68. The second kappa shape index (κ2) is 8.41. The van der Waals surface area contributed by atoms with Crippen LogP contribution in [0.5, 0.6) is 11.5 Å². The second-order valence-corrected chi connectivity index (χ2v) is 5.55. The summed E-state index contributed by atoms with van der Waals surface area (Å²) in [6, 6.07) is 5.67. The van der Waals surface area contributed by atoms with Crippen molar-refractivity contribution in [2.45, 2.75) is 32.2 Å². The summed E-state index contributed by atoms with van der Waals surface area (Å²) in [6.45, 7) is 2.82. The third-order valence-corrected chi connectivity index (χ3v) is 4.01. The largest absolute Gasteiger partial charge is 0.497 e. The van der Waals surface area contributed by atoms with Gasteiger partial charge in [-0.05, 0) is 44.4 Å². The van der Waals surface area contributed by atoms with E-state index >= 15 is 0 Å². The molecule has 23 heavy (non-hydrogen) atoms. The van der Waals surface area contributed by atoms with E-state index in [9.17, 15) is 4.79 Å². The third kappa shape index (κ3) is 4.61. The Balaban J connectivity index is 1.90. The Morgan fingerprint density at radius 2 is 2.17 bits per heavy atom. The van der Waals surface area contributed by atoms with Gasteiger partial charge in [-0.25, -0.2) is 0 Å². The minimum Gasteiger partial charge on any atom is -0.497 e. The molecule has 1 heterocycles. The Kier molecular flexibility index (Phi) is 6.26. The van der Waals surface area contributed by atoms with E-state index in [0.717, 1.165) is 24.9 Å². The quantitative estimate of drug-likeness (QED) is 0.597. The zero-order chi connectivity index (χ0) is 16.7. The molecule has 0 radical (unpaired) electrons. The average molecular weight is 320 g/mol. The zero-order valence-corrected chi connectivity index (χ0v) is 13.9. The Morgan fingerprint density at radius 1 is 1.35 bits per heavy atom. The molecule has 1 aromatic rings. The lowest BCUT2D eigenvalue weighted by Crippen LogP contribution is -2.43. The van der Waals surface area contributed by atoms with Crippen molar-refractivity contribution < 1.29 is 19.1 Å². The van der Waals surface area contributed by atoms with Crippen molar-refractivity contribution in [3.8, 4) is 11.5 Å². The van der Waals surface area contributed by atoms with Crippen LogP contribution >= 0.6 is 0 Å². The van der Waals surface area contributed by atoms with Crippen LogP contribution in [0.3, 0.4) is 0 Å². The van der Waals surface area contributed by atoms with Crippen LogP contribution in [0.2, 0.25) is 0 Å². The summed E-state index contributed by atoms with van der Waals surface area (Å²) in [6.07, 6.45) is 4.81. The molecule has 6 heteroatoms. The summed E-state index contributed by atoms with van der Waals surface area (Å²) in [5.74, 6) is 1.34. The Labute approximate surface area is 137 Å². The maximum Gasteiger partial charge on any atom is 0.263 e. The van der Waals surface area contributed by atoms with Crippen molar-refractivity contribution in [1.82, 2.24) is 4.90 Å². The maximum atomic E-state index is 12.1. The molecule has 0 aromatic heterocycles. The summed E-state index contributed by atoms with van der Waals surface area (Å²) >= 11 is 0. The minimum atomic E-state index is -0.0485. The van der Waals surface area contributed by atoms with Gasteiger partial charge in [0.25, 0.3) is 5.91 Å². The van der Waals surface area contributed by atoms with E-state index in [-0.39, 0.29) is 18.6 Å². The Bertz CT molecular complexity index is 560. The summed E-state index contributed by atoms with van der Waals surface area (Å²) in [7, 11) is 3.18. The molecular weight excluding hydrogens is 296 g/mol. The number of nitrogens with zero attached hydrogens (tertiary/aromatic N) is 2. The van der Waals surface area contributed by atoms with Crippen molar-refractivity contribution in [2.24, 2.45) is 5.16 Å². The molecule has 0 aliphatic carbocycles. The predicted octanol–water partition coefficient (Wildman–Crippen LogP) is 2.46. The van der Waals surface area contributed by atoms with Crippen molar-refractivity contribution in [1.29, 1.82) is 0 Å². The van der Waals surface area contributed by atoms with Gasteiger partial charge in [0.2, 0.25) is 0 Å². The second-order valence-electron chi connectivity index (χ2n) is 5.55. The van der Waals surface area contributed by atoms with Crippen LogP contribution in [-0.2, 0) is 9.63 Å². The molecule has 0 saturated carbocycles. The van der Waals surface area contributed by atoms with Crippen molar-refractivity contribution in [3.63, 3.8) is 0 Å². The standard InChI is InChI=1S/C17H24N2O4/c1-13-6-4-5-9-19(13)17(20)12-23-18-11-14-10-15(21-2)7-8-16(14)22-3/h7-8,10-11,13H,4-6,9,12H2,1-3H3/b18-11-/t13-/m0/s1. The number of likely N-dealkylation sites (tertiary alicyclic amines) is 1. The molecular formula is C17H24N2O4. The normalized spacial score (nSPS) is 18.0. The fourth-order valence-corrected chi connectivity index (χ4v) is 2.68. The molecule has 1 fully saturated rings. The van der Waals surface area contributed by atoms with Crippen molar-refractivity contribution >= 4 is 12.1 Å². The molecule has 1 aromatic carbocycles. The number of carbonyl (C=O) groups excluding carboxylic acids is 1. The minimum absolute atomic E-state index is 0.0213. The highest BCUT2D eigenvalue weighted by atomic mass is 16.6. The van der Waals surface area contributed by atoms with Gasteiger partial charge in [-0.15, -0.1) is 0 Å². The number of carbonyl (C=O) groups is 1. The van der Waals surface area contributed by atoms with Crippen LogP contribution < -0.4 is 9.47 Å². The third-order valence-electron chi connectivity index (χ3n) is 4.01. The summed E-state index contributed by atoms with van der Waals surface area (Å²) in [4.78, 5) is 19.1. The zero-order valence-electron chi connectivity index (χ0n) is 13.9. The highest BCUT2D eigenvalue weighted by Gasteiger charge is 2.23. The number of methoxy groups -OCH3 is 2. The number of piperidine rings is 1. The summed E-state index contributed by atoms with van der Waals surface area (Å²) in [5.41, 5.74) is 0.727. The fraction of sp³-hybridized carbons (Fsp3) is 0.529. The van der Waals surface area contributed by atoms with Crippen LogP contribution in [0, 0.1) is 0 Å². The molecule has 2 rings (SSSR count). The number of oxime groups is 1. The Hall–Kier alpha value is -2.24. The van der Waals surface area contributed by atoms with Crippen LogP contribution in [0.4, 0.5) is 0 Å². The van der Waals surface area contributed by atoms with Gasteiger partial charge in [0.1, 0.15) is 11.5 Å². The first-order valence-corrected chi connectivity index (χ1v) is 7.82. The number of hydrogen-bond donors (Lipinski definition) is 0. The number of amides is 1. The van der Waals surface area contributed by atoms with Gasteiger partial charge >= 0.3 is 0 Å². The highest BCUT2D eigenvalue weighted by Crippen LogP contribution is 2.22. The lowest BCUT2D eigenvalue weighted by atomic mass is 10.0. The van der Waals surface area contributed by atoms with Crippen molar-refractivity contribution in [2.75, 3.05) is 27.4 Å². The number of benzene rings is 1. The number of rotatable bonds is 6. The van der Waals surface area contributed by atoms with Gasteiger partial charge in [-0.2, -0.15) is 0 Å². The lowest BCUT2D eigenvalue weighted by Gasteiger charge is -2.32. The smallest absolute Gasteiger partial charge is 0.263 e. The first-order chi connectivity index (χ1) is 11.2. The lowest BCUT2D eigenvalue weighted by molar-refractivity contribution is -0.139. The van der Waals surface area contributed by atoms with Gasteiger partial charge in [0.15, 0.2) is 6.61 Å². The van der Waals surface area contributed by atoms with Crippen LogP contribution in [0.25, 0.3) is 0 Å². The molecule has 0 unspecified atom stereocenters. The van der Waals surface area contributed by atoms with E-state index in [1.807, 2.05) is 4.90 Å². The number of hydrogen-bond acceptors (Lipinski definition) is 5. The van der Waals surface area contributed by atoms with Crippen LogP contribution in [0.1, 0.15) is 31.7 Å². The Morgan fingerprint density at radius 3 is 2.87 bits per heavy atom. The molecule has 1 saturated heterocycles. The molecule has 1 amide bonds. The molecule has 0 N–H and O–H groups in total. The molecule has 1 atom stereocenters. The average Bonchev–Trinajstić information content (AvgIpc) is 2.58. The first-order valence-electron chi connectivity index (χ1n) is 7.82. The van der Waals surface area contributed by atoms with Gasteiger partial charge in [0, 0.05) is 18.2 Å². The van der Waals surface area contributed by atoms with Gasteiger partial charge in [-0.3, -0.25) is 4.79 Å².